The smallest absolute Gasteiger partial charge is 0.251 e. The van der Waals surface area contributed by atoms with E-state index in [-0.39, 0.29) is 5.91 Å². The van der Waals surface area contributed by atoms with Gasteiger partial charge >= 0.3 is 0 Å². The SMILES string of the molecule is CCOc1ncccc1CNC(=O)c1ccc(-c2nnc(-c3cccc(C)c3)o2)cc1. The Morgan fingerprint density at radius 1 is 1.00 bits per heavy atom. The van der Waals surface area contributed by atoms with Crippen molar-refractivity contribution in [3.63, 3.8) is 0 Å². The molecule has 0 radical (unpaired) electrons. The van der Waals surface area contributed by atoms with Crippen LogP contribution in [0.3, 0.4) is 0 Å². The molecule has 7 heteroatoms. The number of carbonyl (C=O) groups is 1. The molecule has 0 unspecified atom stereocenters. The van der Waals surface area contributed by atoms with Crippen molar-refractivity contribution in [2.75, 3.05) is 6.61 Å². The van der Waals surface area contributed by atoms with Gasteiger partial charge in [-0.2, -0.15) is 0 Å². The summed E-state index contributed by atoms with van der Waals surface area (Å²) in [7, 11) is 0. The van der Waals surface area contributed by atoms with Gasteiger partial charge in [-0.1, -0.05) is 23.8 Å². The van der Waals surface area contributed by atoms with Crippen molar-refractivity contribution in [1.29, 1.82) is 0 Å². The molecule has 0 aliphatic heterocycles. The molecule has 0 aliphatic carbocycles. The number of aromatic nitrogens is 3. The lowest BCUT2D eigenvalue weighted by Crippen LogP contribution is -2.23. The van der Waals surface area contributed by atoms with E-state index in [1.807, 2.05) is 50.2 Å². The average Bonchev–Trinajstić information content (AvgIpc) is 3.29. The highest BCUT2D eigenvalue weighted by Crippen LogP contribution is 2.24. The van der Waals surface area contributed by atoms with E-state index in [2.05, 4.69) is 20.5 Å². The molecule has 2 aromatic carbocycles. The van der Waals surface area contributed by atoms with Crippen molar-refractivity contribution in [1.82, 2.24) is 20.5 Å². The summed E-state index contributed by atoms with van der Waals surface area (Å²) in [5, 5.41) is 11.2. The largest absolute Gasteiger partial charge is 0.478 e. The summed E-state index contributed by atoms with van der Waals surface area (Å²) in [6.07, 6.45) is 1.66. The highest BCUT2D eigenvalue weighted by atomic mass is 16.5. The van der Waals surface area contributed by atoms with Crippen molar-refractivity contribution >= 4 is 5.91 Å². The molecule has 1 N–H and O–H groups in total. The third-order valence-electron chi connectivity index (χ3n) is 4.65. The van der Waals surface area contributed by atoms with Gasteiger partial charge in [0.1, 0.15) is 0 Å². The first-order valence-corrected chi connectivity index (χ1v) is 10.00. The lowest BCUT2D eigenvalue weighted by atomic mass is 10.1. The normalized spacial score (nSPS) is 10.6. The predicted octanol–water partition coefficient (Wildman–Crippen LogP) is 4.44. The second kappa shape index (κ2) is 9.21. The van der Waals surface area contributed by atoms with Crippen molar-refractivity contribution in [2.45, 2.75) is 20.4 Å². The molecule has 0 fully saturated rings. The maximum absolute atomic E-state index is 12.5. The van der Waals surface area contributed by atoms with Gasteiger partial charge in [-0.3, -0.25) is 4.79 Å². The second-order valence-corrected chi connectivity index (χ2v) is 6.94. The first-order chi connectivity index (χ1) is 15.1. The van der Waals surface area contributed by atoms with Crippen molar-refractivity contribution in [3.05, 3.63) is 83.6 Å². The number of aryl methyl sites for hydroxylation is 1. The van der Waals surface area contributed by atoms with Gasteiger partial charge in [0.15, 0.2) is 0 Å². The summed E-state index contributed by atoms with van der Waals surface area (Å²) < 4.78 is 11.3. The molecule has 31 heavy (non-hydrogen) atoms. The highest BCUT2D eigenvalue weighted by Gasteiger charge is 2.13. The van der Waals surface area contributed by atoms with Crippen LogP contribution in [0.15, 0.2) is 71.3 Å². The van der Waals surface area contributed by atoms with Crippen LogP contribution in [0.2, 0.25) is 0 Å². The molecule has 156 valence electrons. The van der Waals surface area contributed by atoms with E-state index in [1.165, 1.54) is 0 Å². The Labute approximate surface area is 180 Å². The number of hydrogen-bond donors (Lipinski definition) is 1. The predicted molar refractivity (Wildman–Crippen MR) is 116 cm³/mol. The van der Waals surface area contributed by atoms with Crippen LogP contribution >= 0.6 is 0 Å². The van der Waals surface area contributed by atoms with E-state index in [9.17, 15) is 4.79 Å². The molecule has 4 aromatic rings. The Hall–Kier alpha value is -4.00. The van der Waals surface area contributed by atoms with Crippen LogP contribution in [0.4, 0.5) is 0 Å². The van der Waals surface area contributed by atoms with E-state index in [0.717, 1.165) is 22.3 Å². The van der Waals surface area contributed by atoms with Crippen LogP contribution in [0.1, 0.15) is 28.4 Å². The lowest BCUT2D eigenvalue weighted by molar-refractivity contribution is 0.0950. The average molecular weight is 414 g/mol. The minimum Gasteiger partial charge on any atom is -0.478 e. The number of ether oxygens (including phenoxy) is 1. The number of carbonyl (C=O) groups excluding carboxylic acids is 1. The zero-order chi connectivity index (χ0) is 21.6. The third kappa shape index (κ3) is 4.78. The van der Waals surface area contributed by atoms with Crippen LogP contribution < -0.4 is 10.1 Å². The molecule has 0 saturated carbocycles. The Morgan fingerprint density at radius 2 is 1.77 bits per heavy atom. The number of amides is 1. The third-order valence-corrected chi connectivity index (χ3v) is 4.65. The summed E-state index contributed by atoms with van der Waals surface area (Å²) >= 11 is 0. The standard InChI is InChI=1S/C24H22N4O3/c1-3-30-22-20(8-5-13-25-22)15-26-21(29)17-9-11-18(12-10-17)23-27-28-24(31-23)19-7-4-6-16(2)14-19/h4-14H,3,15H2,1-2H3,(H,26,29). The van der Waals surface area contributed by atoms with E-state index in [4.69, 9.17) is 9.15 Å². The summed E-state index contributed by atoms with van der Waals surface area (Å²) in [4.78, 5) is 16.7. The molecular formula is C24H22N4O3. The van der Waals surface area contributed by atoms with Gasteiger partial charge in [0.25, 0.3) is 5.91 Å². The molecule has 0 bridgehead atoms. The van der Waals surface area contributed by atoms with Gasteiger partial charge in [-0.15, -0.1) is 10.2 Å². The zero-order valence-electron chi connectivity index (χ0n) is 17.3. The fourth-order valence-corrected chi connectivity index (χ4v) is 3.10. The maximum atomic E-state index is 12.5. The molecule has 4 rings (SSSR count). The Balaban J connectivity index is 1.43. The summed E-state index contributed by atoms with van der Waals surface area (Å²) in [6.45, 7) is 4.75. The topological polar surface area (TPSA) is 90.1 Å². The molecule has 0 atom stereocenters. The number of pyridine rings is 1. The van der Waals surface area contributed by atoms with Gasteiger partial charge < -0.3 is 14.5 Å². The van der Waals surface area contributed by atoms with E-state index in [1.54, 1.807) is 30.5 Å². The fraction of sp³-hybridized carbons (Fsp3) is 0.167. The molecule has 7 nitrogen and oxygen atoms in total. The van der Waals surface area contributed by atoms with Crippen molar-refractivity contribution in [2.24, 2.45) is 0 Å². The van der Waals surface area contributed by atoms with Gasteiger partial charge in [-0.05, 0) is 56.3 Å². The Kier molecular flexibility index (Phi) is 6.03. The van der Waals surface area contributed by atoms with E-state index < -0.39 is 0 Å². The summed E-state index contributed by atoms with van der Waals surface area (Å²) in [6, 6.07) is 18.6. The second-order valence-electron chi connectivity index (χ2n) is 6.94. The van der Waals surface area contributed by atoms with Crippen LogP contribution in [0, 0.1) is 6.92 Å². The van der Waals surface area contributed by atoms with Gasteiger partial charge in [-0.25, -0.2) is 4.98 Å². The van der Waals surface area contributed by atoms with Gasteiger partial charge in [0, 0.05) is 35.0 Å². The van der Waals surface area contributed by atoms with Crippen LogP contribution in [-0.4, -0.2) is 27.7 Å². The lowest BCUT2D eigenvalue weighted by Gasteiger charge is -2.10. The molecule has 0 aliphatic rings. The highest BCUT2D eigenvalue weighted by molar-refractivity contribution is 5.94. The molecule has 0 spiro atoms. The quantitative estimate of drug-likeness (QED) is 0.481. The fourth-order valence-electron chi connectivity index (χ4n) is 3.10. The van der Waals surface area contributed by atoms with Gasteiger partial charge in [0.2, 0.25) is 17.7 Å². The number of hydrogen-bond acceptors (Lipinski definition) is 6. The van der Waals surface area contributed by atoms with Crippen LogP contribution in [0.5, 0.6) is 5.88 Å². The minimum atomic E-state index is -0.191. The Morgan fingerprint density at radius 3 is 2.52 bits per heavy atom. The van der Waals surface area contributed by atoms with Crippen molar-refractivity contribution in [3.8, 4) is 28.8 Å². The maximum Gasteiger partial charge on any atom is 0.251 e. The molecule has 1 amide bonds. The molecular weight excluding hydrogens is 392 g/mol. The number of benzene rings is 2. The summed E-state index contributed by atoms with van der Waals surface area (Å²) in [5.41, 5.74) is 4.09. The Bertz CT molecular complexity index is 1190. The molecule has 2 heterocycles. The van der Waals surface area contributed by atoms with Crippen LogP contribution in [-0.2, 0) is 6.54 Å². The molecule has 2 aromatic heterocycles. The first-order valence-electron chi connectivity index (χ1n) is 10.00. The minimum absolute atomic E-state index is 0.191. The number of nitrogens with one attached hydrogen (secondary N) is 1. The molecule has 0 saturated heterocycles. The van der Waals surface area contributed by atoms with Gasteiger partial charge in [0.05, 0.1) is 6.61 Å². The first kappa shape index (κ1) is 20.3. The van der Waals surface area contributed by atoms with Crippen molar-refractivity contribution < 1.29 is 13.9 Å². The van der Waals surface area contributed by atoms with E-state index >= 15 is 0 Å². The summed E-state index contributed by atoms with van der Waals surface area (Å²) in [5.74, 6) is 1.20. The number of rotatable bonds is 7. The monoisotopic (exact) mass is 414 g/mol. The zero-order valence-corrected chi connectivity index (χ0v) is 17.3. The van der Waals surface area contributed by atoms with E-state index in [0.29, 0.717) is 36.4 Å². The van der Waals surface area contributed by atoms with Crippen LogP contribution in [0.25, 0.3) is 22.9 Å². The number of nitrogens with zero attached hydrogens (tertiary/aromatic N) is 3.